The van der Waals surface area contributed by atoms with Crippen molar-refractivity contribution in [3.8, 4) is 0 Å². The standard InChI is InChI=1S/C21H29N10O17P3/c1-29-6-31(17-10(29)18(36)28-21(23)27-17)20-14(35)12(33)8(46-20)3-44-50(39,40)48-51(41,42)47-49(37,38)43-2-7-11(32)13(34)19(45-7)30-5-26-9-15(22)24-4-25-16(9)30/h4-8,10-14,19-20,32-35H,2-3H2,1H3,(H6-,22,23,24,25,28,36,37,38,39,40,41,42)/p+1/t7-,8-,10?,11-,12-,13-,14-,19-,20-/m1/s1. The summed E-state index contributed by atoms with van der Waals surface area (Å²) in [6, 6.07) is -1.02. The lowest BCUT2D eigenvalue weighted by Gasteiger charge is -2.21. The normalized spacial score (nSPS) is 34.4. The molecule has 4 aliphatic heterocycles. The molecule has 2 aromatic rings. The molecule has 51 heavy (non-hydrogen) atoms. The first kappa shape index (κ1) is 37.6. The number of nitrogens with zero attached hydrogens (tertiary/aromatic N) is 8. The van der Waals surface area contributed by atoms with E-state index in [0.717, 1.165) is 6.33 Å². The number of anilines is 1. The molecule has 6 heterocycles. The number of carbonyl (C=O) groups excluding carboxylic acids is 1. The maximum atomic E-state index is 12.5. The molecular formula is C21H30N10O17P3+. The van der Waals surface area contributed by atoms with Crippen LogP contribution in [0.15, 0.2) is 22.6 Å². The summed E-state index contributed by atoms with van der Waals surface area (Å²) in [5, 5.41) is 42.0. The van der Waals surface area contributed by atoms with Crippen molar-refractivity contribution in [2.24, 2.45) is 15.7 Å². The summed E-state index contributed by atoms with van der Waals surface area (Å²) in [6.07, 6.45) is -9.29. The third-order valence-electron chi connectivity index (χ3n) is 7.74. The van der Waals surface area contributed by atoms with E-state index in [1.54, 1.807) is 0 Å². The van der Waals surface area contributed by atoms with Crippen molar-refractivity contribution in [1.29, 1.82) is 0 Å². The Morgan fingerprint density at radius 2 is 1.41 bits per heavy atom. The molecule has 0 aromatic carbocycles. The van der Waals surface area contributed by atoms with Gasteiger partial charge >= 0.3 is 29.4 Å². The molecule has 12 atom stereocenters. The number of fused-ring (bicyclic) bond motifs is 2. The lowest BCUT2D eigenvalue weighted by atomic mass is 10.1. The number of likely N-dealkylation sites (N-methyl/N-ethyl adjacent to an activating group) is 1. The van der Waals surface area contributed by atoms with Crippen LogP contribution in [0, 0.1) is 0 Å². The number of aliphatic imine (C=N–C) groups is 2. The number of hydrogen-bond acceptors (Lipinski definition) is 21. The Hall–Kier alpha value is -3.20. The highest BCUT2D eigenvalue weighted by Gasteiger charge is 2.56. The van der Waals surface area contributed by atoms with E-state index in [4.69, 9.17) is 20.9 Å². The maximum absolute atomic E-state index is 12.5. The van der Waals surface area contributed by atoms with E-state index in [0.29, 0.717) is 0 Å². The topological polar surface area (TPSA) is 392 Å². The van der Waals surface area contributed by atoms with Crippen LogP contribution in [0.4, 0.5) is 5.82 Å². The highest BCUT2D eigenvalue weighted by molar-refractivity contribution is 7.66. The molecule has 30 heteroatoms. The van der Waals surface area contributed by atoms with E-state index in [2.05, 4.69) is 42.6 Å². The molecule has 0 radical (unpaired) electrons. The van der Waals surface area contributed by atoms with Crippen LogP contribution in [0.25, 0.3) is 11.2 Å². The summed E-state index contributed by atoms with van der Waals surface area (Å²) in [5.74, 6) is -1.04. The largest absolute Gasteiger partial charge is 0.490 e. The Morgan fingerprint density at radius 1 is 0.843 bits per heavy atom. The molecule has 0 bridgehead atoms. The molecule has 27 nitrogen and oxygen atoms in total. The quantitative estimate of drug-likeness (QED) is 0.0722. The van der Waals surface area contributed by atoms with Gasteiger partial charge in [-0.2, -0.15) is 23.5 Å². The van der Waals surface area contributed by atoms with E-state index in [-0.39, 0.29) is 28.8 Å². The van der Waals surface area contributed by atoms with Gasteiger partial charge in [0.25, 0.3) is 11.9 Å². The molecule has 280 valence electrons. The number of nitrogen functional groups attached to an aromatic ring is 1. The van der Waals surface area contributed by atoms with E-state index >= 15 is 0 Å². The van der Waals surface area contributed by atoms with E-state index in [1.165, 1.54) is 33.8 Å². The number of amides is 1. The zero-order chi connectivity index (χ0) is 37.2. The van der Waals surface area contributed by atoms with Gasteiger partial charge in [0.15, 0.2) is 17.7 Å². The zero-order valence-electron chi connectivity index (χ0n) is 25.6. The maximum Gasteiger partial charge on any atom is 0.490 e. The lowest BCUT2D eigenvalue weighted by molar-refractivity contribution is -0.498. The number of aliphatic hydroxyl groups is 4. The average molecular weight is 787 g/mol. The second-order valence-corrected chi connectivity index (χ2v) is 15.8. The van der Waals surface area contributed by atoms with Gasteiger partial charge < -0.3 is 56.0 Å². The minimum atomic E-state index is -5.97. The number of imidazole rings is 1. The fourth-order valence-electron chi connectivity index (χ4n) is 5.47. The zero-order valence-corrected chi connectivity index (χ0v) is 28.3. The van der Waals surface area contributed by atoms with Crippen LogP contribution in [-0.2, 0) is 45.6 Å². The molecule has 2 saturated heterocycles. The third kappa shape index (κ3) is 7.51. The fourth-order valence-corrected chi connectivity index (χ4v) is 8.99. The number of amidine groups is 1. The van der Waals surface area contributed by atoms with Crippen molar-refractivity contribution in [3.63, 3.8) is 0 Å². The molecule has 0 saturated carbocycles. The number of aromatic nitrogens is 4. The summed E-state index contributed by atoms with van der Waals surface area (Å²) in [7, 11) is -15.8. The van der Waals surface area contributed by atoms with Crippen LogP contribution in [0.2, 0.25) is 0 Å². The predicted molar refractivity (Wildman–Crippen MR) is 162 cm³/mol. The first-order valence-electron chi connectivity index (χ1n) is 14.3. The Balaban J connectivity index is 1.02. The number of guanidine groups is 1. The van der Waals surface area contributed by atoms with Crippen molar-refractivity contribution in [1.82, 2.24) is 24.4 Å². The van der Waals surface area contributed by atoms with Crippen LogP contribution in [0.5, 0.6) is 0 Å². The number of hydrogen-bond donors (Lipinski definition) is 9. The van der Waals surface area contributed by atoms with Crippen LogP contribution >= 0.6 is 23.5 Å². The van der Waals surface area contributed by atoms with Gasteiger partial charge in [0, 0.05) is 0 Å². The van der Waals surface area contributed by atoms with Gasteiger partial charge in [-0.15, -0.1) is 0 Å². The van der Waals surface area contributed by atoms with Gasteiger partial charge in [0.2, 0.25) is 18.5 Å². The minimum Gasteiger partial charge on any atom is -0.387 e. The Morgan fingerprint density at radius 3 is 2.02 bits per heavy atom. The van der Waals surface area contributed by atoms with Gasteiger partial charge in [-0.05, 0) is 0 Å². The van der Waals surface area contributed by atoms with Gasteiger partial charge in [0.1, 0.15) is 48.5 Å². The summed E-state index contributed by atoms with van der Waals surface area (Å²) < 4.78 is 68.3. The van der Waals surface area contributed by atoms with Crippen molar-refractivity contribution in [3.05, 3.63) is 12.7 Å². The van der Waals surface area contributed by atoms with Crippen molar-refractivity contribution in [2.75, 3.05) is 26.0 Å². The SMILES string of the molecule is C[N+]1=CN([C@@H]2O[C@H](COP(=O)(O)OP(=O)(O)OP(=O)(O)OC[C@H]3O[C@@H](n4cnc5c(N)ncnc54)[C@H](O)[C@@H]3O)[C@@H](O)[C@H]2O)C2=NC(N)=NC(=O)C21. The van der Waals surface area contributed by atoms with Crippen molar-refractivity contribution in [2.45, 2.75) is 55.1 Å². The Labute approximate surface area is 283 Å². The predicted octanol–water partition coefficient (Wildman–Crippen LogP) is -4.55. The van der Waals surface area contributed by atoms with E-state index in [9.17, 15) is 53.6 Å². The van der Waals surface area contributed by atoms with Gasteiger partial charge in [-0.1, -0.05) is 0 Å². The molecule has 1 amide bonds. The number of phosphoric ester groups is 2. The number of rotatable bonds is 12. The van der Waals surface area contributed by atoms with Gasteiger partial charge in [-0.3, -0.25) is 18.4 Å². The molecular weight excluding hydrogens is 757 g/mol. The summed E-state index contributed by atoms with van der Waals surface area (Å²) in [4.78, 5) is 62.8. The second-order valence-electron chi connectivity index (χ2n) is 11.2. The Bertz CT molecular complexity index is 1960. The first-order valence-corrected chi connectivity index (χ1v) is 18.7. The van der Waals surface area contributed by atoms with Crippen LogP contribution in [-0.4, -0.2) is 157 Å². The van der Waals surface area contributed by atoms with Crippen molar-refractivity contribution < 1.29 is 85.3 Å². The number of nitrogens with two attached hydrogens (primary N) is 2. The smallest absolute Gasteiger partial charge is 0.387 e. The third-order valence-corrected chi connectivity index (χ3v) is 12.0. The summed E-state index contributed by atoms with van der Waals surface area (Å²) in [6.45, 7) is -2.10. The van der Waals surface area contributed by atoms with Gasteiger partial charge in [0.05, 0.1) is 26.6 Å². The highest BCUT2D eigenvalue weighted by atomic mass is 31.3. The molecule has 0 aliphatic carbocycles. The lowest BCUT2D eigenvalue weighted by Crippen LogP contribution is -2.49. The van der Waals surface area contributed by atoms with Crippen LogP contribution < -0.4 is 11.5 Å². The van der Waals surface area contributed by atoms with Gasteiger partial charge in [-0.25, -0.2) is 33.2 Å². The monoisotopic (exact) mass is 787 g/mol. The van der Waals surface area contributed by atoms with E-state index in [1.807, 2.05) is 0 Å². The highest BCUT2D eigenvalue weighted by Crippen LogP contribution is 2.67. The Kier molecular flexibility index (Phi) is 10.1. The summed E-state index contributed by atoms with van der Waals surface area (Å²) >= 11 is 0. The van der Waals surface area contributed by atoms with Crippen LogP contribution in [0.1, 0.15) is 6.23 Å². The minimum absolute atomic E-state index is 0.00417. The average Bonchev–Trinajstić information content (AvgIpc) is 3.74. The van der Waals surface area contributed by atoms with E-state index < -0.39 is 97.7 Å². The fraction of sp³-hybridized carbons (Fsp3) is 0.571. The number of aliphatic hydroxyl groups excluding tert-OH is 4. The molecule has 2 fully saturated rings. The molecule has 4 unspecified atom stereocenters. The van der Waals surface area contributed by atoms with Crippen molar-refractivity contribution >= 4 is 64.5 Å². The molecule has 0 spiro atoms. The molecule has 6 rings (SSSR count). The second kappa shape index (κ2) is 13.7. The molecule has 4 aliphatic rings. The number of ether oxygens (including phenoxy) is 2. The van der Waals surface area contributed by atoms with Crippen LogP contribution in [0.3, 0.4) is 0 Å². The first-order chi connectivity index (χ1) is 23.8. The molecule has 11 N–H and O–H groups in total. The molecule has 2 aromatic heterocycles. The number of carbonyl (C=O) groups is 1. The summed E-state index contributed by atoms with van der Waals surface area (Å²) in [5.41, 5.74) is 11.6. The number of phosphoric acid groups is 3.